The molecule has 0 bridgehead atoms. The Balaban J connectivity index is 1.98. The van der Waals surface area contributed by atoms with Gasteiger partial charge in [-0.1, -0.05) is 13.8 Å². The van der Waals surface area contributed by atoms with Crippen LogP contribution in [0.4, 0.5) is 5.13 Å². The van der Waals surface area contributed by atoms with E-state index in [9.17, 15) is 0 Å². The van der Waals surface area contributed by atoms with Crippen LogP contribution in [0.5, 0.6) is 0 Å². The molecule has 1 aromatic heterocycles. The molecule has 2 atom stereocenters. The summed E-state index contributed by atoms with van der Waals surface area (Å²) < 4.78 is 4.31. The van der Waals surface area contributed by atoms with Gasteiger partial charge in [0.1, 0.15) is 5.82 Å². The lowest BCUT2D eigenvalue weighted by atomic mass is 10.2. The number of nitrogens with zero attached hydrogens (tertiary/aromatic N) is 2. The van der Waals surface area contributed by atoms with Gasteiger partial charge in [0, 0.05) is 23.5 Å². The molecule has 0 aromatic carbocycles. The Morgan fingerprint density at radius 2 is 2.27 bits per heavy atom. The molecule has 0 amide bonds. The first-order chi connectivity index (χ1) is 7.16. The Labute approximate surface area is 99.4 Å². The number of nitrogens with one attached hydrogen (secondary N) is 1. The standard InChI is InChI=1S/C10H16ClN3S/c1-6(2)9-13-10(15-14-9)12-8-5-3-4-7(8)11/h6-8H,3-5H2,1-2H3,(H,12,13,14). The summed E-state index contributed by atoms with van der Waals surface area (Å²) in [6, 6.07) is 0.375. The zero-order valence-electron chi connectivity index (χ0n) is 9.03. The largest absolute Gasteiger partial charge is 0.356 e. The first kappa shape index (κ1) is 11.1. The zero-order valence-corrected chi connectivity index (χ0v) is 10.6. The molecule has 2 rings (SSSR count). The minimum atomic E-state index is 0.247. The van der Waals surface area contributed by atoms with Crippen molar-refractivity contribution in [1.82, 2.24) is 9.36 Å². The van der Waals surface area contributed by atoms with E-state index in [0.717, 1.165) is 23.8 Å². The van der Waals surface area contributed by atoms with Gasteiger partial charge < -0.3 is 5.32 Å². The first-order valence-corrected chi connectivity index (χ1v) is 6.62. The maximum absolute atomic E-state index is 6.19. The minimum Gasteiger partial charge on any atom is -0.356 e. The molecule has 1 fully saturated rings. The highest BCUT2D eigenvalue weighted by Crippen LogP contribution is 2.28. The van der Waals surface area contributed by atoms with Crippen LogP contribution in [0.3, 0.4) is 0 Å². The summed E-state index contributed by atoms with van der Waals surface area (Å²) in [5.74, 6) is 1.32. The number of anilines is 1. The zero-order chi connectivity index (χ0) is 10.8. The number of aromatic nitrogens is 2. The van der Waals surface area contributed by atoms with Gasteiger partial charge in [-0.3, -0.25) is 0 Å². The molecular weight excluding hydrogens is 230 g/mol. The lowest BCUT2D eigenvalue weighted by molar-refractivity contribution is 0.753. The van der Waals surface area contributed by atoms with Crippen LogP contribution in [0.2, 0.25) is 0 Å². The third-order valence-electron chi connectivity index (χ3n) is 2.70. The van der Waals surface area contributed by atoms with Crippen molar-refractivity contribution < 1.29 is 0 Å². The molecule has 2 unspecified atom stereocenters. The molecule has 0 radical (unpaired) electrons. The molecule has 5 heteroatoms. The van der Waals surface area contributed by atoms with E-state index >= 15 is 0 Å². The molecule has 1 saturated carbocycles. The van der Waals surface area contributed by atoms with E-state index < -0.39 is 0 Å². The number of rotatable bonds is 3. The molecule has 0 saturated heterocycles. The van der Waals surface area contributed by atoms with Crippen LogP contribution in [0.15, 0.2) is 0 Å². The number of hydrogen-bond acceptors (Lipinski definition) is 4. The highest BCUT2D eigenvalue weighted by atomic mass is 35.5. The molecule has 0 spiro atoms. The fourth-order valence-corrected chi connectivity index (χ4v) is 2.88. The van der Waals surface area contributed by atoms with Crippen LogP contribution >= 0.6 is 23.1 Å². The van der Waals surface area contributed by atoms with Gasteiger partial charge in [0.05, 0.1) is 5.38 Å². The van der Waals surface area contributed by atoms with E-state index in [0.29, 0.717) is 12.0 Å². The average molecular weight is 246 g/mol. The van der Waals surface area contributed by atoms with Gasteiger partial charge in [0.2, 0.25) is 5.13 Å². The lowest BCUT2D eigenvalue weighted by Crippen LogP contribution is -2.23. The van der Waals surface area contributed by atoms with Crippen molar-refractivity contribution in [2.45, 2.75) is 50.4 Å². The predicted octanol–water partition coefficient (Wildman–Crippen LogP) is 3.23. The molecule has 1 N–H and O–H groups in total. The summed E-state index contributed by atoms with van der Waals surface area (Å²) in [6.45, 7) is 4.21. The second kappa shape index (κ2) is 4.66. The molecule has 0 aliphatic heterocycles. The third-order valence-corrected chi connectivity index (χ3v) is 3.88. The van der Waals surface area contributed by atoms with Gasteiger partial charge in [0.25, 0.3) is 0 Å². The van der Waals surface area contributed by atoms with E-state index in [-0.39, 0.29) is 5.38 Å². The Kier molecular flexibility index (Phi) is 3.46. The summed E-state index contributed by atoms with van der Waals surface area (Å²) >= 11 is 7.63. The van der Waals surface area contributed by atoms with E-state index in [1.165, 1.54) is 18.0 Å². The summed E-state index contributed by atoms with van der Waals surface area (Å²) in [4.78, 5) is 4.45. The maximum Gasteiger partial charge on any atom is 0.202 e. The monoisotopic (exact) mass is 245 g/mol. The van der Waals surface area contributed by atoms with Crippen LogP contribution in [-0.4, -0.2) is 20.8 Å². The van der Waals surface area contributed by atoms with Crippen molar-refractivity contribution in [2.24, 2.45) is 0 Å². The topological polar surface area (TPSA) is 37.8 Å². The van der Waals surface area contributed by atoms with Gasteiger partial charge in [0.15, 0.2) is 0 Å². The van der Waals surface area contributed by atoms with Gasteiger partial charge in [-0.05, 0) is 19.3 Å². The van der Waals surface area contributed by atoms with E-state index in [1.54, 1.807) is 0 Å². The van der Waals surface area contributed by atoms with Crippen LogP contribution < -0.4 is 5.32 Å². The van der Waals surface area contributed by atoms with Crippen molar-refractivity contribution in [3.63, 3.8) is 0 Å². The van der Waals surface area contributed by atoms with Gasteiger partial charge in [-0.15, -0.1) is 11.6 Å². The fourth-order valence-electron chi connectivity index (χ4n) is 1.76. The highest BCUT2D eigenvalue weighted by Gasteiger charge is 2.26. The number of hydrogen-bond donors (Lipinski definition) is 1. The van der Waals surface area contributed by atoms with Crippen LogP contribution in [-0.2, 0) is 0 Å². The maximum atomic E-state index is 6.19. The third kappa shape index (κ3) is 2.61. The molecule has 84 valence electrons. The van der Waals surface area contributed by atoms with Crippen molar-refractivity contribution in [2.75, 3.05) is 5.32 Å². The van der Waals surface area contributed by atoms with E-state index in [4.69, 9.17) is 11.6 Å². The molecule has 1 heterocycles. The molecule has 15 heavy (non-hydrogen) atoms. The van der Waals surface area contributed by atoms with Crippen LogP contribution in [0, 0.1) is 0 Å². The second-order valence-electron chi connectivity index (χ2n) is 4.31. The normalized spacial score (nSPS) is 26.1. The first-order valence-electron chi connectivity index (χ1n) is 5.41. The van der Waals surface area contributed by atoms with Gasteiger partial charge in [-0.2, -0.15) is 4.37 Å². The Morgan fingerprint density at radius 3 is 2.80 bits per heavy atom. The predicted molar refractivity (Wildman–Crippen MR) is 64.9 cm³/mol. The molecule has 1 aliphatic carbocycles. The van der Waals surface area contributed by atoms with Gasteiger partial charge >= 0.3 is 0 Å². The average Bonchev–Trinajstić information content (AvgIpc) is 2.77. The van der Waals surface area contributed by atoms with Crippen LogP contribution in [0.1, 0.15) is 44.9 Å². The molecular formula is C10H16ClN3S. The van der Waals surface area contributed by atoms with Crippen molar-refractivity contribution >= 4 is 28.3 Å². The summed E-state index contributed by atoms with van der Waals surface area (Å²) in [5, 5.41) is 4.54. The van der Waals surface area contributed by atoms with E-state index in [2.05, 4.69) is 28.5 Å². The molecule has 1 aliphatic rings. The van der Waals surface area contributed by atoms with Crippen LogP contribution in [0.25, 0.3) is 0 Å². The quantitative estimate of drug-likeness (QED) is 0.831. The summed E-state index contributed by atoms with van der Waals surface area (Å²) in [5.41, 5.74) is 0. The molecule has 1 aromatic rings. The molecule has 3 nitrogen and oxygen atoms in total. The van der Waals surface area contributed by atoms with Crippen molar-refractivity contribution in [1.29, 1.82) is 0 Å². The number of alkyl halides is 1. The SMILES string of the molecule is CC(C)c1nsc(NC2CCCC2Cl)n1. The highest BCUT2D eigenvalue weighted by molar-refractivity contribution is 7.09. The smallest absolute Gasteiger partial charge is 0.202 e. The van der Waals surface area contributed by atoms with Crippen molar-refractivity contribution in [3.05, 3.63) is 5.82 Å². The fraction of sp³-hybridized carbons (Fsp3) is 0.800. The minimum absolute atomic E-state index is 0.247. The van der Waals surface area contributed by atoms with Gasteiger partial charge in [-0.25, -0.2) is 4.98 Å². The Morgan fingerprint density at radius 1 is 1.47 bits per heavy atom. The van der Waals surface area contributed by atoms with E-state index in [1.807, 2.05) is 0 Å². The van der Waals surface area contributed by atoms with Crippen molar-refractivity contribution in [3.8, 4) is 0 Å². The Bertz CT molecular complexity index is 326. The summed E-state index contributed by atoms with van der Waals surface area (Å²) in [7, 11) is 0. The second-order valence-corrected chi connectivity index (χ2v) is 5.62. The Hall–Kier alpha value is -0.350. The lowest BCUT2D eigenvalue weighted by Gasteiger charge is -2.13. The number of halogens is 1. The summed E-state index contributed by atoms with van der Waals surface area (Å²) in [6.07, 6.45) is 3.46.